The molecule has 0 amide bonds. The van der Waals surface area contributed by atoms with Gasteiger partial charge in [0.2, 0.25) is 0 Å². The maximum Gasteiger partial charge on any atom is 0.0819 e. The van der Waals surface area contributed by atoms with E-state index in [0.29, 0.717) is 6.42 Å². The highest BCUT2D eigenvalue weighted by Gasteiger charge is 2.35. The summed E-state index contributed by atoms with van der Waals surface area (Å²) < 4.78 is 0. The van der Waals surface area contributed by atoms with Gasteiger partial charge < -0.3 is 10.1 Å². The molecule has 1 aliphatic carbocycles. The number of aromatic nitrogens is 2. The monoisotopic (exact) mass is 390 g/mol. The van der Waals surface area contributed by atoms with Crippen molar-refractivity contribution in [1.29, 1.82) is 0 Å². The Kier molecular flexibility index (Phi) is 4.01. The van der Waals surface area contributed by atoms with Crippen LogP contribution in [0.25, 0.3) is 21.8 Å². The smallest absolute Gasteiger partial charge is 0.0819 e. The first-order valence-electron chi connectivity index (χ1n) is 9.76. The van der Waals surface area contributed by atoms with Crippen LogP contribution in [0.4, 0.5) is 0 Å². The summed E-state index contributed by atoms with van der Waals surface area (Å²) in [5, 5.41) is 14.0. The Hall–Kier alpha value is -2.36. The second-order valence-corrected chi connectivity index (χ2v) is 9.14. The Morgan fingerprint density at radius 2 is 2.00 bits per heavy atom. The van der Waals surface area contributed by atoms with Crippen LogP contribution < -0.4 is 0 Å². The van der Waals surface area contributed by atoms with Crippen molar-refractivity contribution in [3.05, 3.63) is 76.1 Å². The van der Waals surface area contributed by atoms with Crippen LogP contribution in [0.5, 0.6) is 0 Å². The third kappa shape index (κ3) is 2.90. The average molecular weight is 391 g/mol. The summed E-state index contributed by atoms with van der Waals surface area (Å²) >= 11 is 6.20. The van der Waals surface area contributed by atoms with Crippen LogP contribution in [0.1, 0.15) is 48.9 Å². The van der Waals surface area contributed by atoms with Gasteiger partial charge in [-0.05, 0) is 42.0 Å². The van der Waals surface area contributed by atoms with Gasteiger partial charge >= 0.3 is 0 Å². The predicted molar refractivity (Wildman–Crippen MR) is 115 cm³/mol. The number of hydrogen-bond acceptors (Lipinski definition) is 2. The van der Waals surface area contributed by atoms with Crippen molar-refractivity contribution in [2.24, 2.45) is 5.41 Å². The fraction of sp³-hybridized carbons (Fsp3) is 0.292. The van der Waals surface area contributed by atoms with Gasteiger partial charge in [0.25, 0.3) is 0 Å². The van der Waals surface area contributed by atoms with Crippen LogP contribution in [-0.4, -0.2) is 15.1 Å². The molecule has 3 nitrogen and oxygen atoms in total. The van der Waals surface area contributed by atoms with E-state index in [1.165, 1.54) is 0 Å². The standard InChI is InChI=1S/C24H23ClN2O/c1-24(2)12-19-22(20(28)13-24)21-16-8-3-4-9-17(16)27-23(21)18(26-19)11-14-6-5-7-15(25)10-14/h3-10,20,27-28H,11-13H2,1-2H3/t20-/m0/s1. The van der Waals surface area contributed by atoms with E-state index in [2.05, 4.69) is 43.1 Å². The zero-order valence-electron chi connectivity index (χ0n) is 16.1. The number of H-pyrrole nitrogens is 1. The van der Waals surface area contributed by atoms with E-state index in [4.69, 9.17) is 16.6 Å². The molecule has 0 fully saturated rings. The van der Waals surface area contributed by atoms with Crippen molar-refractivity contribution in [3.63, 3.8) is 0 Å². The van der Waals surface area contributed by atoms with Crippen molar-refractivity contribution < 1.29 is 5.11 Å². The number of pyridine rings is 1. The molecule has 1 aliphatic rings. The molecular weight excluding hydrogens is 368 g/mol. The van der Waals surface area contributed by atoms with Gasteiger partial charge in [-0.3, -0.25) is 4.98 Å². The molecule has 0 unspecified atom stereocenters. The van der Waals surface area contributed by atoms with E-state index in [1.54, 1.807) is 0 Å². The molecule has 142 valence electrons. The number of benzene rings is 2. The van der Waals surface area contributed by atoms with Crippen LogP contribution in [-0.2, 0) is 12.8 Å². The van der Waals surface area contributed by atoms with Gasteiger partial charge in [-0.15, -0.1) is 0 Å². The highest BCUT2D eigenvalue weighted by molar-refractivity contribution is 6.30. The van der Waals surface area contributed by atoms with Gasteiger partial charge in [-0.25, -0.2) is 0 Å². The number of aliphatic hydroxyl groups excluding tert-OH is 1. The highest BCUT2D eigenvalue weighted by Crippen LogP contribution is 2.45. The number of rotatable bonds is 2. The van der Waals surface area contributed by atoms with Crippen molar-refractivity contribution in [2.75, 3.05) is 0 Å². The van der Waals surface area contributed by atoms with E-state index in [1.807, 2.05) is 24.3 Å². The van der Waals surface area contributed by atoms with Gasteiger partial charge in [0.1, 0.15) is 0 Å². The quantitative estimate of drug-likeness (QED) is 0.443. The Morgan fingerprint density at radius 1 is 1.18 bits per heavy atom. The lowest BCUT2D eigenvalue weighted by atomic mass is 9.74. The van der Waals surface area contributed by atoms with E-state index in [9.17, 15) is 5.11 Å². The van der Waals surface area contributed by atoms with Crippen LogP contribution >= 0.6 is 11.6 Å². The fourth-order valence-electron chi connectivity index (χ4n) is 4.67. The van der Waals surface area contributed by atoms with Crippen molar-refractivity contribution in [3.8, 4) is 0 Å². The Balaban J connectivity index is 1.80. The number of nitrogens with zero attached hydrogens (tertiary/aromatic N) is 1. The zero-order chi connectivity index (χ0) is 19.5. The lowest BCUT2D eigenvalue weighted by Crippen LogP contribution is -2.27. The molecule has 4 aromatic rings. The molecule has 28 heavy (non-hydrogen) atoms. The van der Waals surface area contributed by atoms with Crippen LogP contribution in [0.2, 0.25) is 5.02 Å². The largest absolute Gasteiger partial charge is 0.388 e. The number of para-hydroxylation sites is 1. The van der Waals surface area contributed by atoms with E-state index >= 15 is 0 Å². The van der Waals surface area contributed by atoms with Gasteiger partial charge in [-0.2, -0.15) is 0 Å². The van der Waals surface area contributed by atoms with E-state index in [-0.39, 0.29) is 5.41 Å². The van der Waals surface area contributed by atoms with E-state index < -0.39 is 6.10 Å². The molecule has 1 atom stereocenters. The molecule has 0 saturated heterocycles. The Bertz CT molecular complexity index is 1210. The first-order valence-corrected chi connectivity index (χ1v) is 10.1. The maximum absolute atomic E-state index is 11.0. The van der Waals surface area contributed by atoms with Gasteiger partial charge in [0.05, 0.1) is 17.3 Å². The highest BCUT2D eigenvalue weighted by atomic mass is 35.5. The van der Waals surface area contributed by atoms with Crippen LogP contribution in [0.3, 0.4) is 0 Å². The summed E-state index contributed by atoms with van der Waals surface area (Å²) in [6.07, 6.45) is 1.84. The van der Waals surface area contributed by atoms with E-state index in [0.717, 1.165) is 62.2 Å². The molecule has 0 aliphatic heterocycles. The zero-order valence-corrected chi connectivity index (χ0v) is 16.8. The number of hydrogen-bond donors (Lipinski definition) is 2. The summed E-state index contributed by atoms with van der Waals surface area (Å²) in [6.45, 7) is 4.41. The third-order valence-corrected chi connectivity index (χ3v) is 6.07. The topological polar surface area (TPSA) is 48.9 Å². The second-order valence-electron chi connectivity index (χ2n) is 8.71. The molecule has 0 spiro atoms. The summed E-state index contributed by atoms with van der Waals surface area (Å²) in [5.74, 6) is 0. The number of halogens is 1. The number of aromatic amines is 1. The van der Waals surface area contributed by atoms with Crippen LogP contribution in [0, 0.1) is 5.41 Å². The fourth-order valence-corrected chi connectivity index (χ4v) is 4.89. The molecule has 0 radical (unpaired) electrons. The Morgan fingerprint density at radius 3 is 2.82 bits per heavy atom. The van der Waals surface area contributed by atoms with Crippen molar-refractivity contribution in [2.45, 2.75) is 39.2 Å². The molecule has 4 heteroatoms. The first kappa shape index (κ1) is 17.7. The number of fused-ring (bicyclic) bond motifs is 5. The molecule has 5 rings (SSSR count). The molecule has 0 bridgehead atoms. The molecular formula is C24H23ClN2O. The molecule has 0 saturated carbocycles. The minimum absolute atomic E-state index is 0.0343. The van der Waals surface area contributed by atoms with Crippen molar-refractivity contribution >= 4 is 33.4 Å². The normalized spacial score (nSPS) is 18.5. The molecule has 2 aromatic heterocycles. The average Bonchev–Trinajstić information content (AvgIpc) is 3.00. The predicted octanol–water partition coefficient (Wildman–Crippen LogP) is 5.97. The second kappa shape index (κ2) is 6.33. The van der Waals surface area contributed by atoms with Crippen LogP contribution in [0.15, 0.2) is 48.5 Å². The van der Waals surface area contributed by atoms with Gasteiger partial charge in [-0.1, -0.05) is 55.8 Å². The first-order chi connectivity index (χ1) is 13.4. The lowest BCUT2D eigenvalue weighted by Gasteiger charge is -2.34. The third-order valence-electron chi connectivity index (χ3n) is 5.83. The van der Waals surface area contributed by atoms with Crippen molar-refractivity contribution in [1.82, 2.24) is 9.97 Å². The minimum Gasteiger partial charge on any atom is -0.388 e. The summed E-state index contributed by atoms with van der Waals surface area (Å²) in [7, 11) is 0. The summed E-state index contributed by atoms with van der Waals surface area (Å²) in [5.41, 5.74) is 6.31. The minimum atomic E-state index is -0.492. The lowest BCUT2D eigenvalue weighted by molar-refractivity contribution is 0.0997. The van der Waals surface area contributed by atoms with Gasteiger partial charge in [0, 0.05) is 39.0 Å². The Labute approximate surface area is 169 Å². The number of aliphatic hydroxyl groups is 1. The van der Waals surface area contributed by atoms with Gasteiger partial charge in [0.15, 0.2) is 0 Å². The maximum atomic E-state index is 11.0. The SMILES string of the molecule is CC1(C)Cc2nc(Cc3cccc(Cl)c3)c3[nH]c4ccccc4c3c2[C@@H](O)C1. The molecule has 2 heterocycles. The number of nitrogens with one attached hydrogen (secondary N) is 1. The summed E-state index contributed by atoms with van der Waals surface area (Å²) in [6, 6.07) is 16.3. The summed E-state index contributed by atoms with van der Waals surface area (Å²) in [4.78, 5) is 8.64. The molecule has 2 N–H and O–H groups in total. The molecule has 2 aromatic carbocycles.